The van der Waals surface area contributed by atoms with Gasteiger partial charge in [-0.1, -0.05) is 11.6 Å². The third-order valence-electron chi connectivity index (χ3n) is 2.24. The van der Waals surface area contributed by atoms with Crippen LogP contribution in [0.4, 0.5) is 0 Å². The lowest BCUT2D eigenvalue weighted by atomic mass is 10.1. The molecule has 88 valence electrons. The zero-order valence-corrected chi connectivity index (χ0v) is 9.50. The van der Waals surface area contributed by atoms with Crippen LogP contribution in [0.3, 0.4) is 0 Å². The molecule has 2 rings (SSSR count). The Labute approximate surface area is 97.8 Å². The molecule has 0 unspecified atom stereocenters. The smallest absolute Gasteiger partial charge is 0.167 e. The number of aromatic hydroxyl groups is 1. The average Bonchev–Trinajstić information content (AvgIpc) is 2.30. The second-order valence-electron chi connectivity index (χ2n) is 3.24. The van der Waals surface area contributed by atoms with Gasteiger partial charge in [0.2, 0.25) is 0 Å². The van der Waals surface area contributed by atoms with Crippen LogP contribution in [0.15, 0.2) is 6.07 Å². The van der Waals surface area contributed by atoms with Gasteiger partial charge in [0.05, 0.1) is 18.7 Å². The lowest BCUT2D eigenvalue weighted by molar-refractivity contribution is 0.0848. The molecule has 1 aliphatic heterocycles. The molecule has 0 amide bonds. The van der Waals surface area contributed by atoms with Crippen LogP contribution in [0.2, 0.25) is 5.02 Å². The fraction of sp³-hybridized carbons (Fsp3) is 0.400. The lowest BCUT2D eigenvalue weighted by Crippen LogP contribution is -2.19. The molecule has 1 aromatic rings. The molecular weight excluding hydrogens is 234 g/mol. The molecule has 0 radical (unpaired) electrons. The topological polar surface area (TPSA) is 60.0 Å². The summed E-state index contributed by atoms with van der Waals surface area (Å²) in [7, 11) is 1.50. The van der Waals surface area contributed by atoms with Crippen molar-refractivity contribution >= 4 is 11.6 Å². The van der Waals surface area contributed by atoms with Gasteiger partial charge in [-0.15, -0.1) is 0 Å². The summed E-state index contributed by atoms with van der Waals surface area (Å²) in [6.45, 7) is 1.26. The van der Waals surface area contributed by atoms with Crippen molar-refractivity contribution in [3.8, 4) is 17.2 Å². The number of halogens is 1. The van der Waals surface area contributed by atoms with Crippen molar-refractivity contribution < 1.29 is 19.4 Å². The van der Waals surface area contributed by atoms with E-state index in [9.17, 15) is 5.11 Å². The maximum absolute atomic E-state index is 9.62. The van der Waals surface area contributed by atoms with Gasteiger partial charge in [0.25, 0.3) is 0 Å². The molecule has 6 heteroatoms. The van der Waals surface area contributed by atoms with Crippen LogP contribution in [0.1, 0.15) is 5.56 Å². The first-order valence-electron chi connectivity index (χ1n) is 4.80. The van der Waals surface area contributed by atoms with Gasteiger partial charge in [-0.25, -0.2) is 0 Å². The second-order valence-corrected chi connectivity index (χ2v) is 3.62. The standard InChI is InChI=1S/C10H12ClNO4/c1-14-12-5-6-9(11)7(13)4-8-10(6)16-3-2-15-8/h4,12-13H,2-3,5H2,1H3. The molecule has 1 aromatic carbocycles. The third-order valence-corrected chi connectivity index (χ3v) is 2.66. The highest BCUT2D eigenvalue weighted by atomic mass is 35.5. The summed E-state index contributed by atoms with van der Waals surface area (Å²) in [6.07, 6.45) is 0. The maximum Gasteiger partial charge on any atom is 0.167 e. The van der Waals surface area contributed by atoms with Gasteiger partial charge in [0, 0.05) is 11.6 Å². The van der Waals surface area contributed by atoms with Crippen LogP contribution in [0, 0.1) is 0 Å². The van der Waals surface area contributed by atoms with E-state index in [1.165, 1.54) is 13.2 Å². The quantitative estimate of drug-likeness (QED) is 0.790. The summed E-state index contributed by atoms with van der Waals surface area (Å²) >= 11 is 5.98. The fourth-order valence-corrected chi connectivity index (χ4v) is 1.73. The highest BCUT2D eigenvalue weighted by Crippen LogP contribution is 2.43. The number of hydrogen-bond donors (Lipinski definition) is 2. The van der Waals surface area contributed by atoms with Gasteiger partial charge >= 0.3 is 0 Å². The molecule has 0 fully saturated rings. The van der Waals surface area contributed by atoms with Crippen molar-refractivity contribution in [3.63, 3.8) is 0 Å². The van der Waals surface area contributed by atoms with Crippen LogP contribution in [0.5, 0.6) is 17.2 Å². The lowest BCUT2D eigenvalue weighted by Gasteiger charge is -2.22. The van der Waals surface area contributed by atoms with E-state index in [1.54, 1.807) is 0 Å². The van der Waals surface area contributed by atoms with Gasteiger partial charge in [0.1, 0.15) is 19.0 Å². The van der Waals surface area contributed by atoms with Crippen molar-refractivity contribution in [2.45, 2.75) is 6.54 Å². The summed E-state index contributed by atoms with van der Waals surface area (Å²) < 4.78 is 10.8. The summed E-state index contributed by atoms with van der Waals surface area (Å²) in [5.74, 6) is 1.03. The molecule has 0 bridgehead atoms. The third kappa shape index (κ3) is 2.02. The number of benzene rings is 1. The van der Waals surface area contributed by atoms with E-state index in [1.807, 2.05) is 0 Å². The van der Waals surface area contributed by atoms with Gasteiger partial charge in [-0.3, -0.25) is 0 Å². The molecule has 0 saturated heterocycles. The number of rotatable bonds is 3. The second kappa shape index (κ2) is 4.78. The number of phenolic OH excluding ortho intramolecular Hbond substituents is 1. The molecular formula is C10H12ClNO4. The first-order valence-corrected chi connectivity index (χ1v) is 5.17. The Morgan fingerprint density at radius 1 is 1.50 bits per heavy atom. The molecule has 1 heterocycles. The zero-order chi connectivity index (χ0) is 11.5. The Hall–Kier alpha value is -1.17. The number of phenols is 1. The van der Waals surface area contributed by atoms with E-state index in [-0.39, 0.29) is 10.8 Å². The summed E-state index contributed by atoms with van der Waals surface area (Å²) in [5.41, 5.74) is 3.27. The van der Waals surface area contributed by atoms with Crippen LogP contribution < -0.4 is 15.0 Å². The van der Waals surface area contributed by atoms with E-state index in [2.05, 4.69) is 5.48 Å². The molecule has 1 aliphatic rings. The molecule has 0 aromatic heterocycles. The Morgan fingerprint density at radius 3 is 3.00 bits per heavy atom. The Morgan fingerprint density at radius 2 is 2.25 bits per heavy atom. The minimum atomic E-state index is -0.0289. The molecule has 0 aliphatic carbocycles. The zero-order valence-electron chi connectivity index (χ0n) is 8.75. The molecule has 2 N–H and O–H groups in total. The Bertz CT molecular complexity index is 397. The summed E-state index contributed by atoms with van der Waals surface area (Å²) in [6, 6.07) is 1.45. The number of ether oxygens (including phenoxy) is 2. The minimum Gasteiger partial charge on any atom is -0.506 e. The van der Waals surface area contributed by atoms with Crippen LogP contribution in [-0.4, -0.2) is 25.4 Å². The molecule has 0 saturated carbocycles. The first kappa shape index (κ1) is 11.3. The molecule has 5 nitrogen and oxygen atoms in total. The van der Waals surface area contributed by atoms with Gasteiger partial charge in [0.15, 0.2) is 11.5 Å². The first-order chi connectivity index (χ1) is 7.74. The molecule has 16 heavy (non-hydrogen) atoms. The van der Waals surface area contributed by atoms with E-state index in [4.69, 9.17) is 25.9 Å². The van der Waals surface area contributed by atoms with Crippen molar-refractivity contribution in [2.75, 3.05) is 20.3 Å². The summed E-state index contributed by atoms with van der Waals surface area (Å²) in [4.78, 5) is 4.75. The monoisotopic (exact) mass is 245 g/mol. The molecule has 0 atom stereocenters. The van der Waals surface area contributed by atoms with Gasteiger partial charge < -0.3 is 19.4 Å². The normalized spacial score (nSPS) is 13.9. The Kier molecular flexibility index (Phi) is 3.38. The van der Waals surface area contributed by atoms with E-state index >= 15 is 0 Å². The van der Waals surface area contributed by atoms with Crippen molar-refractivity contribution in [1.29, 1.82) is 0 Å². The minimum absolute atomic E-state index is 0.0289. The highest BCUT2D eigenvalue weighted by molar-refractivity contribution is 6.33. The van der Waals surface area contributed by atoms with Crippen LogP contribution in [-0.2, 0) is 11.4 Å². The van der Waals surface area contributed by atoms with Crippen molar-refractivity contribution in [3.05, 3.63) is 16.7 Å². The van der Waals surface area contributed by atoms with Crippen molar-refractivity contribution in [2.24, 2.45) is 0 Å². The van der Waals surface area contributed by atoms with Gasteiger partial charge in [-0.2, -0.15) is 5.48 Å². The average molecular weight is 246 g/mol. The van der Waals surface area contributed by atoms with Crippen LogP contribution in [0.25, 0.3) is 0 Å². The number of fused-ring (bicyclic) bond motifs is 1. The van der Waals surface area contributed by atoms with Crippen molar-refractivity contribution in [1.82, 2.24) is 5.48 Å². The highest BCUT2D eigenvalue weighted by Gasteiger charge is 2.21. The summed E-state index contributed by atoms with van der Waals surface area (Å²) in [5, 5.41) is 9.86. The maximum atomic E-state index is 9.62. The Balaban J connectivity index is 2.41. The predicted octanol–water partition coefficient (Wildman–Crippen LogP) is 1.47. The SMILES string of the molecule is CONCc1c(Cl)c(O)cc2c1OCCO2. The predicted molar refractivity (Wildman–Crippen MR) is 58.0 cm³/mol. The van der Waals surface area contributed by atoms with E-state index < -0.39 is 0 Å². The van der Waals surface area contributed by atoms with Gasteiger partial charge in [-0.05, 0) is 0 Å². The fourth-order valence-electron chi connectivity index (χ4n) is 1.52. The number of nitrogens with one attached hydrogen (secondary N) is 1. The molecule has 0 spiro atoms. The number of hydrogen-bond acceptors (Lipinski definition) is 5. The number of hydroxylamine groups is 1. The largest absolute Gasteiger partial charge is 0.506 e. The van der Waals surface area contributed by atoms with E-state index in [0.29, 0.717) is 36.8 Å². The van der Waals surface area contributed by atoms with E-state index in [0.717, 1.165) is 0 Å². The van der Waals surface area contributed by atoms with Crippen LogP contribution >= 0.6 is 11.6 Å².